The minimum Gasteiger partial charge on any atom is -0.208 e. The second-order valence-electron chi connectivity index (χ2n) is 12.8. The molecule has 0 amide bonds. The summed E-state index contributed by atoms with van der Waals surface area (Å²) in [6.45, 7) is 0. The van der Waals surface area contributed by atoms with Gasteiger partial charge < -0.3 is 0 Å². The van der Waals surface area contributed by atoms with Crippen molar-refractivity contribution in [1.82, 2.24) is 15.0 Å². The van der Waals surface area contributed by atoms with Gasteiger partial charge in [0.25, 0.3) is 0 Å². The molecule has 3 nitrogen and oxygen atoms in total. The summed E-state index contributed by atoms with van der Waals surface area (Å²) in [7, 11) is 0. The maximum absolute atomic E-state index is 5.08. The number of hydrogen-bond donors (Lipinski definition) is 0. The number of aromatic nitrogens is 3. The van der Waals surface area contributed by atoms with Crippen LogP contribution in [0.4, 0.5) is 0 Å². The molecule has 10 rings (SSSR count). The van der Waals surface area contributed by atoms with Gasteiger partial charge in [-0.2, -0.15) is 0 Å². The molecule has 3 heteroatoms. The number of rotatable bonds is 4. The molecule has 0 aliphatic rings. The minimum absolute atomic E-state index is 0.647. The maximum atomic E-state index is 5.08. The fourth-order valence-electron chi connectivity index (χ4n) is 7.57. The summed E-state index contributed by atoms with van der Waals surface area (Å²) in [5.74, 6) is 1.96. The lowest BCUT2D eigenvalue weighted by atomic mass is 9.87. The van der Waals surface area contributed by atoms with E-state index in [0.29, 0.717) is 17.5 Å². The summed E-state index contributed by atoms with van der Waals surface area (Å²) >= 11 is 0. The second-order valence-corrected chi connectivity index (χ2v) is 12.8. The van der Waals surface area contributed by atoms with Gasteiger partial charge in [-0.05, 0) is 71.1 Å². The van der Waals surface area contributed by atoms with Gasteiger partial charge in [0.1, 0.15) is 0 Å². The number of fused-ring (bicyclic) bond motifs is 9. The van der Waals surface area contributed by atoms with Crippen LogP contribution >= 0.6 is 0 Å². The first kappa shape index (κ1) is 28.3. The van der Waals surface area contributed by atoms with E-state index in [1.54, 1.807) is 0 Å². The highest BCUT2D eigenvalue weighted by molar-refractivity contribution is 6.33. The molecule has 0 aliphatic heterocycles. The van der Waals surface area contributed by atoms with Gasteiger partial charge in [-0.15, -0.1) is 0 Å². The molecule has 0 radical (unpaired) electrons. The van der Waals surface area contributed by atoms with Crippen molar-refractivity contribution >= 4 is 53.9 Å². The van der Waals surface area contributed by atoms with E-state index < -0.39 is 0 Å². The normalized spacial score (nSPS) is 11.6. The maximum Gasteiger partial charge on any atom is 0.164 e. The Kier molecular flexibility index (Phi) is 6.49. The first-order valence-electron chi connectivity index (χ1n) is 17.0. The molecule has 0 spiro atoms. The molecule has 1 aromatic heterocycles. The Balaban J connectivity index is 1.16. The van der Waals surface area contributed by atoms with E-state index >= 15 is 0 Å². The van der Waals surface area contributed by atoms with Crippen LogP contribution in [0.15, 0.2) is 176 Å². The molecule has 10 aromatic rings. The standard InChI is InChI=1S/C47H29N3/c1-2-14-32(15-3-1)45-48-46(50-47(49-45)41-24-12-16-30-13-4-5-17-34(30)41)33-27-25-31(26-28-33)42-29-43-37-20-7-6-18-35(37)36-19-8-10-22-39(36)44(43)40-23-11-9-21-38(40)42/h1-29H. The first-order chi connectivity index (χ1) is 24.8. The Morgan fingerprint density at radius 1 is 0.260 bits per heavy atom. The summed E-state index contributed by atoms with van der Waals surface area (Å²) in [4.78, 5) is 15.1. The second kappa shape index (κ2) is 11.5. The van der Waals surface area contributed by atoms with Crippen molar-refractivity contribution in [2.45, 2.75) is 0 Å². The quantitative estimate of drug-likeness (QED) is 0.181. The van der Waals surface area contributed by atoms with Crippen LogP contribution in [-0.4, -0.2) is 15.0 Å². The van der Waals surface area contributed by atoms with E-state index in [1.165, 1.54) is 48.7 Å². The van der Waals surface area contributed by atoms with Gasteiger partial charge in [0.15, 0.2) is 17.5 Å². The van der Waals surface area contributed by atoms with E-state index in [1.807, 2.05) is 30.3 Å². The largest absolute Gasteiger partial charge is 0.208 e. The Morgan fingerprint density at radius 2 is 0.720 bits per heavy atom. The summed E-state index contributed by atoms with van der Waals surface area (Å²) in [5.41, 5.74) is 5.24. The Labute approximate surface area is 289 Å². The van der Waals surface area contributed by atoms with Gasteiger partial charge in [-0.1, -0.05) is 170 Å². The lowest BCUT2D eigenvalue weighted by Gasteiger charge is -2.16. The van der Waals surface area contributed by atoms with Gasteiger partial charge in [0.05, 0.1) is 0 Å². The molecule has 0 bridgehead atoms. The summed E-state index contributed by atoms with van der Waals surface area (Å²) in [6.07, 6.45) is 0. The van der Waals surface area contributed by atoms with E-state index in [0.717, 1.165) is 33.0 Å². The van der Waals surface area contributed by atoms with Crippen LogP contribution in [0, 0.1) is 0 Å². The molecule has 0 aliphatic carbocycles. The number of benzene rings is 9. The highest BCUT2D eigenvalue weighted by Crippen LogP contribution is 2.43. The van der Waals surface area contributed by atoms with Gasteiger partial charge in [-0.25, -0.2) is 15.0 Å². The fraction of sp³-hybridized carbons (Fsp3) is 0. The summed E-state index contributed by atoms with van der Waals surface area (Å²) in [6, 6.07) is 62.3. The number of nitrogens with zero attached hydrogens (tertiary/aromatic N) is 3. The summed E-state index contributed by atoms with van der Waals surface area (Å²) < 4.78 is 0. The van der Waals surface area contributed by atoms with Crippen LogP contribution in [0.25, 0.3) is 99.2 Å². The third kappa shape index (κ3) is 4.56. The third-order valence-electron chi connectivity index (χ3n) is 9.90. The van der Waals surface area contributed by atoms with E-state index in [-0.39, 0.29) is 0 Å². The average molecular weight is 636 g/mol. The molecule has 0 fully saturated rings. The van der Waals surface area contributed by atoms with Crippen LogP contribution in [0.2, 0.25) is 0 Å². The highest BCUT2D eigenvalue weighted by Gasteiger charge is 2.17. The van der Waals surface area contributed by atoms with Crippen LogP contribution in [0.1, 0.15) is 0 Å². The van der Waals surface area contributed by atoms with Crippen molar-refractivity contribution in [3.8, 4) is 45.3 Å². The zero-order valence-electron chi connectivity index (χ0n) is 27.1. The molecule has 232 valence electrons. The summed E-state index contributed by atoms with van der Waals surface area (Å²) in [5, 5.41) is 12.4. The minimum atomic E-state index is 0.647. The van der Waals surface area contributed by atoms with E-state index in [9.17, 15) is 0 Å². The SMILES string of the molecule is c1ccc(-c2nc(-c3ccc(-c4cc5c6ccccc6c6ccccc6c5c5ccccc45)cc3)nc(-c3cccc4ccccc34)n2)cc1. The van der Waals surface area contributed by atoms with Gasteiger partial charge in [-0.3, -0.25) is 0 Å². The van der Waals surface area contributed by atoms with Crippen molar-refractivity contribution in [3.63, 3.8) is 0 Å². The molecule has 0 N–H and O–H groups in total. The van der Waals surface area contributed by atoms with Crippen LogP contribution < -0.4 is 0 Å². The predicted octanol–water partition coefficient (Wildman–Crippen LogP) is 12.3. The Bertz CT molecular complexity index is 2910. The zero-order valence-corrected chi connectivity index (χ0v) is 27.1. The lowest BCUT2D eigenvalue weighted by Crippen LogP contribution is -2.00. The van der Waals surface area contributed by atoms with Crippen LogP contribution in [0.5, 0.6) is 0 Å². The molecule has 0 saturated carbocycles. The molecule has 0 atom stereocenters. The average Bonchev–Trinajstić information content (AvgIpc) is 3.20. The fourth-order valence-corrected chi connectivity index (χ4v) is 7.57. The van der Waals surface area contributed by atoms with Gasteiger partial charge in [0.2, 0.25) is 0 Å². The molecular formula is C47H29N3. The van der Waals surface area contributed by atoms with Crippen LogP contribution in [0.3, 0.4) is 0 Å². The van der Waals surface area contributed by atoms with Crippen molar-refractivity contribution in [2.75, 3.05) is 0 Å². The highest BCUT2D eigenvalue weighted by atomic mass is 15.0. The third-order valence-corrected chi connectivity index (χ3v) is 9.90. The van der Waals surface area contributed by atoms with E-state index in [2.05, 4.69) is 146 Å². The topological polar surface area (TPSA) is 38.7 Å². The van der Waals surface area contributed by atoms with Crippen molar-refractivity contribution in [2.24, 2.45) is 0 Å². The van der Waals surface area contributed by atoms with Crippen molar-refractivity contribution in [3.05, 3.63) is 176 Å². The van der Waals surface area contributed by atoms with Gasteiger partial charge in [0, 0.05) is 16.7 Å². The van der Waals surface area contributed by atoms with Crippen LogP contribution in [-0.2, 0) is 0 Å². The Hall–Kier alpha value is -6.71. The monoisotopic (exact) mass is 635 g/mol. The molecule has 0 unspecified atom stereocenters. The Morgan fingerprint density at radius 3 is 1.42 bits per heavy atom. The van der Waals surface area contributed by atoms with Gasteiger partial charge >= 0.3 is 0 Å². The molecule has 9 aromatic carbocycles. The molecule has 0 saturated heterocycles. The predicted molar refractivity (Wildman–Crippen MR) is 209 cm³/mol. The molecule has 1 heterocycles. The smallest absolute Gasteiger partial charge is 0.164 e. The zero-order chi connectivity index (χ0) is 33.0. The van der Waals surface area contributed by atoms with Crippen molar-refractivity contribution < 1.29 is 0 Å². The molecule has 50 heavy (non-hydrogen) atoms. The van der Waals surface area contributed by atoms with E-state index in [4.69, 9.17) is 15.0 Å². The molecular weight excluding hydrogens is 607 g/mol. The first-order valence-corrected chi connectivity index (χ1v) is 17.0. The van der Waals surface area contributed by atoms with Crippen molar-refractivity contribution in [1.29, 1.82) is 0 Å². The lowest BCUT2D eigenvalue weighted by molar-refractivity contribution is 1.08. The number of hydrogen-bond acceptors (Lipinski definition) is 3.